The van der Waals surface area contributed by atoms with Crippen molar-refractivity contribution in [1.82, 2.24) is 9.97 Å². The number of carboxylic acids is 1. The molecule has 0 fully saturated rings. The Kier molecular flexibility index (Phi) is 3.60. The number of rotatable bonds is 3. The number of aryl methyl sites for hydroxylation is 1. The lowest BCUT2D eigenvalue weighted by atomic mass is 10.1. The van der Waals surface area contributed by atoms with Crippen molar-refractivity contribution in [1.29, 1.82) is 0 Å². The molecule has 2 aromatic rings. The number of benzene rings is 1. The molecule has 0 atom stereocenters. The van der Waals surface area contributed by atoms with Gasteiger partial charge in [0, 0.05) is 17.0 Å². The van der Waals surface area contributed by atoms with Gasteiger partial charge < -0.3 is 5.11 Å². The van der Waals surface area contributed by atoms with E-state index in [1.165, 1.54) is 0 Å². The second-order valence-corrected chi connectivity index (χ2v) is 4.80. The molecular weight excluding hydrogens is 240 g/mol. The third kappa shape index (κ3) is 2.96. The Morgan fingerprint density at radius 3 is 2.58 bits per heavy atom. The summed E-state index contributed by atoms with van der Waals surface area (Å²) in [5.74, 6) is -0.0616. The molecular formula is C15H16N2O2. The zero-order valence-electron chi connectivity index (χ0n) is 11.2. The van der Waals surface area contributed by atoms with Crippen molar-refractivity contribution >= 4 is 5.97 Å². The lowest BCUT2D eigenvalue weighted by Gasteiger charge is -2.09. The van der Waals surface area contributed by atoms with Gasteiger partial charge in [0.1, 0.15) is 0 Å². The Hall–Kier alpha value is -2.23. The van der Waals surface area contributed by atoms with Gasteiger partial charge in [0.15, 0.2) is 5.82 Å². The average Bonchev–Trinajstić information content (AvgIpc) is 2.38. The van der Waals surface area contributed by atoms with Gasteiger partial charge in [-0.05, 0) is 31.0 Å². The molecule has 0 saturated carbocycles. The van der Waals surface area contributed by atoms with Crippen LogP contribution in [0.3, 0.4) is 0 Å². The summed E-state index contributed by atoms with van der Waals surface area (Å²) in [5, 5.41) is 9.01. The van der Waals surface area contributed by atoms with Gasteiger partial charge in [-0.3, -0.25) is 0 Å². The Labute approximate surface area is 112 Å². The largest absolute Gasteiger partial charge is 0.478 e. The molecule has 0 bridgehead atoms. The van der Waals surface area contributed by atoms with E-state index in [1.807, 2.05) is 19.1 Å². The van der Waals surface area contributed by atoms with Crippen molar-refractivity contribution in [2.75, 3.05) is 0 Å². The summed E-state index contributed by atoms with van der Waals surface area (Å²) in [6, 6.07) is 8.65. The van der Waals surface area contributed by atoms with Crippen molar-refractivity contribution in [2.24, 2.45) is 0 Å². The topological polar surface area (TPSA) is 63.1 Å². The fourth-order valence-electron chi connectivity index (χ4n) is 1.81. The molecule has 0 aliphatic carbocycles. The van der Waals surface area contributed by atoms with Crippen LogP contribution in [0.15, 0.2) is 30.3 Å². The van der Waals surface area contributed by atoms with Crippen LogP contribution in [0.5, 0.6) is 0 Å². The number of hydrogen-bond acceptors (Lipinski definition) is 3. The van der Waals surface area contributed by atoms with Gasteiger partial charge in [0.05, 0.1) is 5.56 Å². The lowest BCUT2D eigenvalue weighted by molar-refractivity contribution is 0.0697. The Bertz CT molecular complexity index is 621. The minimum absolute atomic E-state index is 0.244. The monoisotopic (exact) mass is 256 g/mol. The smallest absolute Gasteiger partial charge is 0.335 e. The van der Waals surface area contributed by atoms with E-state index in [2.05, 4.69) is 23.8 Å². The molecule has 1 N–H and O–H groups in total. The van der Waals surface area contributed by atoms with Crippen LogP contribution in [0.2, 0.25) is 0 Å². The van der Waals surface area contributed by atoms with Gasteiger partial charge in [-0.1, -0.05) is 26.0 Å². The maximum absolute atomic E-state index is 11.0. The maximum Gasteiger partial charge on any atom is 0.335 e. The number of aromatic nitrogens is 2. The highest BCUT2D eigenvalue weighted by atomic mass is 16.4. The summed E-state index contributed by atoms with van der Waals surface area (Å²) < 4.78 is 0. The van der Waals surface area contributed by atoms with Gasteiger partial charge in [-0.25, -0.2) is 14.8 Å². The predicted molar refractivity (Wildman–Crippen MR) is 73.3 cm³/mol. The van der Waals surface area contributed by atoms with Crippen LogP contribution in [0.25, 0.3) is 11.4 Å². The molecule has 19 heavy (non-hydrogen) atoms. The highest BCUT2D eigenvalue weighted by Gasteiger charge is 2.10. The van der Waals surface area contributed by atoms with E-state index in [1.54, 1.807) is 18.2 Å². The van der Waals surface area contributed by atoms with Gasteiger partial charge in [0.25, 0.3) is 0 Å². The van der Waals surface area contributed by atoms with Crippen molar-refractivity contribution in [3.8, 4) is 11.4 Å². The summed E-state index contributed by atoms with van der Waals surface area (Å²) in [7, 11) is 0. The summed E-state index contributed by atoms with van der Waals surface area (Å²) >= 11 is 0. The molecule has 0 radical (unpaired) electrons. The van der Waals surface area contributed by atoms with Crippen LogP contribution >= 0.6 is 0 Å². The van der Waals surface area contributed by atoms with Crippen LogP contribution in [0, 0.1) is 6.92 Å². The van der Waals surface area contributed by atoms with Crippen LogP contribution in [-0.4, -0.2) is 21.0 Å². The van der Waals surface area contributed by atoms with Gasteiger partial charge in [0.2, 0.25) is 0 Å². The molecule has 0 unspecified atom stereocenters. The quantitative estimate of drug-likeness (QED) is 0.915. The van der Waals surface area contributed by atoms with Crippen LogP contribution in [0.4, 0.5) is 0 Å². The van der Waals surface area contributed by atoms with Crippen molar-refractivity contribution in [3.05, 3.63) is 47.3 Å². The summed E-state index contributed by atoms with van der Waals surface area (Å²) in [6.45, 7) is 6.05. The maximum atomic E-state index is 11.0. The van der Waals surface area contributed by atoms with Crippen LogP contribution in [-0.2, 0) is 0 Å². The van der Waals surface area contributed by atoms with Gasteiger partial charge >= 0.3 is 5.97 Å². The van der Waals surface area contributed by atoms with Crippen molar-refractivity contribution in [2.45, 2.75) is 26.7 Å². The molecule has 0 spiro atoms. The second-order valence-electron chi connectivity index (χ2n) is 4.80. The molecule has 0 saturated heterocycles. The summed E-state index contributed by atoms with van der Waals surface area (Å²) in [4.78, 5) is 19.9. The van der Waals surface area contributed by atoms with E-state index in [-0.39, 0.29) is 5.56 Å². The predicted octanol–water partition coefficient (Wildman–Crippen LogP) is 3.27. The van der Waals surface area contributed by atoms with E-state index in [0.717, 1.165) is 17.0 Å². The first kappa shape index (κ1) is 13.2. The third-order valence-corrected chi connectivity index (χ3v) is 2.83. The molecule has 0 aliphatic rings. The fourth-order valence-corrected chi connectivity index (χ4v) is 1.81. The second kappa shape index (κ2) is 5.18. The highest BCUT2D eigenvalue weighted by molar-refractivity contribution is 5.89. The van der Waals surface area contributed by atoms with Crippen molar-refractivity contribution < 1.29 is 9.90 Å². The van der Waals surface area contributed by atoms with E-state index < -0.39 is 5.97 Å². The molecule has 1 aromatic carbocycles. The minimum Gasteiger partial charge on any atom is -0.478 e. The average molecular weight is 256 g/mol. The Morgan fingerprint density at radius 1 is 1.21 bits per heavy atom. The van der Waals surface area contributed by atoms with E-state index in [4.69, 9.17) is 5.11 Å². The fraction of sp³-hybridized carbons (Fsp3) is 0.267. The minimum atomic E-state index is -0.946. The van der Waals surface area contributed by atoms with Crippen LogP contribution in [0.1, 0.15) is 41.5 Å². The molecule has 1 aromatic heterocycles. The SMILES string of the molecule is Cc1cc(C(C)C)nc(-c2cccc(C(=O)O)c2)n1. The molecule has 1 heterocycles. The zero-order valence-corrected chi connectivity index (χ0v) is 11.2. The summed E-state index contributed by atoms with van der Waals surface area (Å²) in [5.41, 5.74) is 2.82. The summed E-state index contributed by atoms with van der Waals surface area (Å²) in [6.07, 6.45) is 0. The molecule has 2 rings (SSSR count). The lowest BCUT2D eigenvalue weighted by Crippen LogP contribution is -2.01. The van der Waals surface area contributed by atoms with Crippen molar-refractivity contribution in [3.63, 3.8) is 0 Å². The zero-order chi connectivity index (χ0) is 14.0. The number of carboxylic acid groups (broad SMARTS) is 1. The Morgan fingerprint density at radius 2 is 1.95 bits per heavy atom. The molecule has 4 heteroatoms. The highest BCUT2D eigenvalue weighted by Crippen LogP contribution is 2.20. The number of aromatic carboxylic acids is 1. The molecule has 4 nitrogen and oxygen atoms in total. The first-order chi connectivity index (χ1) is 8.97. The molecule has 0 aliphatic heterocycles. The van der Waals surface area contributed by atoms with E-state index in [0.29, 0.717) is 11.7 Å². The number of nitrogens with zero attached hydrogens (tertiary/aromatic N) is 2. The first-order valence-corrected chi connectivity index (χ1v) is 6.16. The third-order valence-electron chi connectivity index (χ3n) is 2.83. The number of carbonyl (C=O) groups is 1. The molecule has 0 amide bonds. The number of hydrogen-bond donors (Lipinski definition) is 1. The normalized spacial score (nSPS) is 10.7. The first-order valence-electron chi connectivity index (χ1n) is 6.16. The Balaban J connectivity index is 2.52. The van der Waals surface area contributed by atoms with Gasteiger partial charge in [-0.2, -0.15) is 0 Å². The molecule has 98 valence electrons. The van der Waals surface area contributed by atoms with E-state index in [9.17, 15) is 4.79 Å². The van der Waals surface area contributed by atoms with Crippen LogP contribution < -0.4 is 0 Å². The standard InChI is InChI=1S/C15H16N2O2/c1-9(2)13-7-10(3)16-14(17-13)11-5-4-6-12(8-11)15(18)19/h4-9H,1-3H3,(H,18,19). The van der Waals surface area contributed by atoms with Gasteiger partial charge in [-0.15, -0.1) is 0 Å². The van der Waals surface area contributed by atoms with E-state index >= 15 is 0 Å².